The zero-order valence-electron chi connectivity index (χ0n) is 10.00. The summed E-state index contributed by atoms with van der Waals surface area (Å²) < 4.78 is 26.4. The van der Waals surface area contributed by atoms with E-state index in [0.717, 1.165) is 5.56 Å². The Balaban J connectivity index is 2.02. The fourth-order valence-corrected chi connectivity index (χ4v) is 2.88. The summed E-state index contributed by atoms with van der Waals surface area (Å²) in [6, 6.07) is 11.0. The first-order chi connectivity index (χ1) is 8.58. The molecule has 0 bridgehead atoms. The molecular formula is C12H15N3O2S. The van der Waals surface area contributed by atoms with Crippen molar-refractivity contribution < 1.29 is 8.42 Å². The van der Waals surface area contributed by atoms with E-state index in [1.165, 1.54) is 12.3 Å². The monoisotopic (exact) mass is 265 g/mol. The van der Waals surface area contributed by atoms with Crippen molar-refractivity contribution in [2.45, 2.75) is 24.4 Å². The van der Waals surface area contributed by atoms with Gasteiger partial charge in [0.2, 0.25) is 0 Å². The standard InChI is InChI=1S/C12H15N3O2S/c1-10(9-11-5-3-2-4-6-11)15-18(16,17)12-7-8-13-14-12/h2-8,10,15H,9H2,1H3,(H,13,14). The van der Waals surface area contributed by atoms with Gasteiger partial charge in [-0.1, -0.05) is 30.3 Å². The highest BCUT2D eigenvalue weighted by Gasteiger charge is 2.18. The lowest BCUT2D eigenvalue weighted by atomic mass is 10.1. The summed E-state index contributed by atoms with van der Waals surface area (Å²) in [7, 11) is -3.50. The van der Waals surface area contributed by atoms with Gasteiger partial charge in [0.1, 0.15) is 0 Å². The fourth-order valence-electron chi connectivity index (χ4n) is 1.73. The van der Waals surface area contributed by atoms with Gasteiger partial charge in [0.15, 0.2) is 5.03 Å². The van der Waals surface area contributed by atoms with Crippen molar-refractivity contribution in [3.05, 3.63) is 48.2 Å². The van der Waals surface area contributed by atoms with Crippen LogP contribution in [0.1, 0.15) is 12.5 Å². The van der Waals surface area contributed by atoms with Gasteiger partial charge in [-0.05, 0) is 25.0 Å². The van der Waals surface area contributed by atoms with E-state index in [9.17, 15) is 8.42 Å². The van der Waals surface area contributed by atoms with Crippen molar-refractivity contribution in [1.82, 2.24) is 14.9 Å². The molecular weight excluding hydrogens is 250 g/mol. The van der Waals surface area contributed by atoms with Crippen LogP contribution in [0.25, 0.3) is 0 Å². The normalized spacial score (nSPS) is 13.4. The summed E-state index contributed by atoms with van der Waals surface area (Å²) in [5, 5.41) is 6.17. The lowest BCUT2D eigenvalue weighted by Gasteiger charge is -2.13. The Morgan fingerprint density at radius 2 is 2.00 bits per heavy atom. The maximum absolute atomic E-state index is 11.9. The fraction of sp³-hybridized carbons (Fsp3) is 0.250. The quantitative estimate of drug-likeness (QED) is 0.856. The van der Waals surface area contributed by atoms with Gasteiger partial charge in [0.05, 0.1) is 6.20 Å². The third kappa shape index (κ3) is 3.18. The van der Waals surface area contributed by atoms with Crippen LogP contribution in [0.2, 0.25) is 0 Å². The first-order valence-corrected chi connectivity index (χ1v) is 7.12. The molecule has 96 valence electrons. The van der Waals surface area contributed by atoms with Crippen molar-refractivity contribution in [3.63, 3.8) is 0 Å². The molecule has 0 saturated carbocycles. The van der Waals surface area contributed by atoms with Crippen molar-refractivity contribution in [2.24, 2.45) is 0 Å². The third-order valence-electron chi connectivity index (χ3n) is 2.51. The van der Waals surface area contributed by atoms with E-state index >= 15 is 0 Å². The molecule has 1 aromatic heterocycles. The summed E-state index contributed by atoms with van der Waals surface area (Å²) in [4.78, 5) is 0. The number of hydrogen-bond donors (Lipinski definition) is 2. The molecule has 0 aliphatic rings. The van der Waals surface area contributed by atoms with Crippen LogP contribution in [-0.2, 0) is 16.4 Å². The van der Waals surface area contributed by atoms with Crippen LogP contribution in [-0.4, -0.2) is 24.7 Å². The number of aromatic nitrogens is 2. The predicted octanol–water partition coefficient (Wildman–Crippen LogP) is 1.32. The van der Waals surface area contributed by atoms with E-state index in [1.54, 1.807) is 0 Å². The lowest BCUT2D eigenvalue weighted by molar-refractivity contribution is 0.556. The molecule has 1 aromatic carbocycles. The van der Waals surface area contributed by atoms with Gasteiger partial charge < -0.3 is 0 Å². The number of aromatic amines is 1. The molecule has 2 N–H and O–H groups in total. The van der Waals surface area contributed by atoms with Crippen LogP contribution < -0.4 is 4.72 Å². The van der Waals surface area contributed by atoms with Crippen molar-refractivity contribution in [3.8, 4) is 0 Å². The van der Waals surface area contributed by atoms with E-state index < -0.39 is 10.0 Å². The molecule has 0 radical (unpaired) electrons. The summed E-state index contributed by atoms with van der Waals surface area (Å²) >= 11 is 0. The van der Waals surface area contributed by atoms with Gasteiger partial charge in [-0.3, -0.25) is 5.10 Å². The molecule has 0 aliphatic carbocycles. The molecule has 0 aliphatic heterocycles. The Kier molecular flexibility index (Phi) is 3.78. The van der Waals surface area contributed by atoms with Crippen molar-refractivity contribution >= 4 is 10.0 Å². The van der Waals surface area contributed by atoms with E-state index in [0.29, 0.717) is 6.42 Å². The molecule has 1 atom stereocenters. The highest BCUT2D eigenvalue weighted by molar-refractivity contribution is 7.89. The smallest absolute Gasteiger partial charge is 0.257 e. The van der Waals surface area contributed by atoms with Crippen LogP contribution in [0.5, 0.6) is 0 Å². The molecule has 18 heavy (non-hydrogen) atoms. The second-order valence-corrected chi connectivity index (χ2v) is 5.82. The van der Waals surface area contributed by atoms with Gasteiger partial charge >= 0.3 is 0 Å². The number of H-pyrrole nitrogens is 1. The lowest BCUT2D eigenvalue weighted by Crippen LogP contribution is -2.34. The summed E-state index contributed by atoms with van der Waals surface area (Å²) in [5.74, 6) is 0. The second-order valence-electron chi connectivity index (χ2n) is 4.13. The SMILES string of the molecule is CC(Cc1ccccc1)NS(=O)(=O)c1ccn[nH]1. The van der Waals surface area contributed by atoms with Crippen LogP contribution >= 0.6 is 0 Å². The molecule has 2 rings (SSSR count). The number of nitrogens with zero attached hydrogens (tertiary/aromatic N) is 1. The van der Waals surface area contributed by atoms with E-state index in [2.05, 4.69) is 14.9 Å². The van der Waals surface area contributed by atoms with Crippen molar-refractivity contribution in [2.75, 3.05) is 0 Å². The zero-order valence-corrected chi connectivity index (χ0v) is 10.8. The molecule has 2 aromatic rings. The number of sulfonamides is 1. The topological polar surface area (TPSA) is 74.8 Å². The van der Waals surface area contributed by atoms with Crippen LogP contribution in [0, 0.1) is 0 Å². The molecule has 1 unspecified atom stereocenters. The Morgan fingerprint density at radius 1 is 1.28 bits per heavy atom. The summed E-state index contributed by atoms with van der Waals surface area (Å²) in [6.07, 6.45) is 2.06. The van der Waals surface area contributed by atoms with Gasteiger partial charge in [0, 0.05) is 6.04 Å². The largest absolute Gasteiger partial charge is 0.266 e. The molecule has 6 heteroatoms. The highest BCUT2D eigenvalue weighted by atomic mass is 32.2. The maximum Gasteiger partial charge on any atom is 0.257 e. The first kappa shape index (κ1) is 12.8. The molecule has 0 saturated heterocycles. The number of hydrogen-bond acceptors (Lipinski definition) is 3. The average Bonchev–Trinajstić information content (AvgIpc) is 2.83. The average molecular weight is 265 g/mol. The maximum atomic E-state index is 11.9. The van der Waals surface area contributed by atoms with Crippen molar-refractivity contribution in [1.29, 1.82) is 0 Å². The minimum absolute atomic E-state index is 0.0856. The molecule has 0 spiro atoms. The van der Waals surface area contributed by atoms with E-state index in [-0.39, 0.29) is 11.1 Å². The minimum Gasteiger partial charge on any atom is -0.266 e. The van der Waals surface area contributed by atoms with E-state index in [4.69, 9.17) is 0 Å². The molecule has 5 nitrogen and oxygen atoms in total. The third-order valence-corrected chi connectivity index (χ3v) is 4.02. The van der Waals surface area contributed by atoms with Gasteiger partial charge in [-0.2, -0.15) is 5.10 Å². The Hall–Kier alpha value is -1.66. The summed E-state index contributed by atoms with van der Waals surface area (Å²) in [6.45, 7) is 1.83. The molecule has 1 heterocycles. The Morgan fingerprint density at radius 3 is 2.61 bits per heavy atom. The predicted molar refractivity (Wildman–Crippen MR) is 68.5 cm³/mol. The zero-order chi connectivity index (χ0) is 13.0. The van der Waals surface area contributed by atoms with Crippen LogP contribution in [0.15, 0.2) is 47.6 Å². The first-order valence-electron chi connectivity index (χ1n) is 5.63. The van der Waals surface area contributed by atoms with Gasteiger partial charge in [-0.15, -0.1) is 0 Å². The minimum atomic E-state index is -3.50. The number of nitrogens with one attached hydrogen (secondary N) is 2. The number of benzene rings is 1. The highest BCUT2D eigenvalue weighted by Crippen LogP contribution is 2.07. The molecule has 0 fully saturated rings. The van der Waals surface area contributed by atoms with Crippen LogP contribution in [0.4, 0.5) is 0 Å². The summed E-state index contributed by atoms with van der Waals surface area (Å²) in [5.41, 5.74) is 1.09. The van der Waals surface area contributed by atoms with E-state index in [1.807, 2.05) is 37.3 Å². The van der Waals surface area contributed by atoms with Gasteiger partial charge in [0.25, 0.3) is 10.0 Å². The Bertz CT molecular complexity index is 579. The van der Waals surface area contributed by atoms with Crippen LogP contribution in [0.3, 0.4) is 0 Å². The Labute approximate surface area is 106 Å². The van der Waals surface area contributed by atoms with Gasteiger partial charge in [-0.25, -0.2) is 13.1 Å². The number of rotatable bonds is 5. The molecule has 0 amide bonds. The second kappa shape index (κ2) is 5.32.